The molecule has 0 unspecified atom stereocenters. The monoisotopic (exact) mass is 424 g/mol. The molecule has 31 heavy (non-hydrogen) atoms. The number of hydrogen-bond donors (Lipinski definition) is 2. The van der Waals surface area contributed by atoms with E-state index in [1.807, 2.05) is 11.0 Å². The van der Waals surface area contributed by atoms with Crippen LogP contribution in [0, 0.1) is 5.82 Å². The normalized spacial score (nSPS) is 20.6. The molecule has 6 heteroatoms. The highest BCUT2D eigenvalue weighted by Crippen LogP contribution is 2.20. The Labute approximate surface area is 184 Å². The minimum atomic E-state index is -0.226. The molecule has 0 bridgehead atoms. The number of hydrogen-bond acceptors (Lipinski definition) is 4. The fourth-order valence-electron chi connectivity index (χ4n) is 4.53. The first-order valence-electron chi connectivity index (χ1n) is 11.4. The van der Waals surface area contributed by atoms with Crippen LogP contribution in [-0.2, 0) is 17.8 Å². The van der Waals surface area contributed by atoms with Crippen molar-refractivity contribution in [3.05, 3.63) is 65.5 Å². The summed E-state index contributed by atoms with van der Waals surface area (Å²) in [6.07, 6.45) is 2.11. The van der Waals surface area contributed by atoms with Crippen LogP contribution in [0.25, 0.3) is 0 Å². The van der Waals surface area contributed by atoms with E-state index in [2.05, 4.69) is 46.7 Å². The largest absolute Gasteiger partial charge is 0.380 e. The summed E-state index contributed by atoms with van der Waals surface area (Å²) in [5.74, 6) is -0.0519. The number of carbonyl (C=O) groups excluding carboxylic acids is 1. The van der Waals surface area contributed by atoms with Crippen LogP contribution in [0.3, 0.4) is 0 Å². The molecule has 1 amide bonds. The van der Waals surface area contributed by atoms with Crippen LogP contribution in [0.2, 0.25) is 0 Å². The maximum atomic E-state index is 13.8. The first kappa shape index (κ1) is 21.8. The summed E-state index contributed by atoms with van der Waals surface area (Å²) in [7, 11) is 0. The van der Waals surface area contributed by atoms with Gasteiger partial charge in [-0.3, -0.25) is 9.69 Å². The molecule has 0 spiro atoms. The van der Waals surface area contributed by atoms with Crippen molar-refractivity contribution in [2.45, 2.75) is 44.8 Å². The molecule has 0 aliphatic carbocycles. The van der Waals surface area contributed by atoms with Crippen molar-refractivity contribution >= 4 is 11.6 Å². The molecular weight excluding hydrogens is 391 g/mol. The van der Waals surface area contributed by atoms with Crippen LogP contribution >= 0.6 is 0 Å². The number of piperidine rings is 1. The molecule has 2 aliphatic rings. The van der Waals surface area contributed by atoms with E-state index in [0.29, 0.717) is 31.2 Å². The summed E-state index contributed by atoms with van der Waals surface area (Å²) in [4.78, 5) is 17.2. The number of nitrogens with one attached hydrogen (secondary N) is 2. The number of benzene rings is 2. The first-order chi connectivity index (χ1) is 15.1. The zero-order chi connectivity index (χ0) is 21.6. The number of halogens is 1. The Balaban J connectivity index is 1.23. The van der Waals surface area contributed by atoms with Crippen molar-refractivity contribution in [3.63, 3.8) is 0 Å². The van der Waals surface area contributed by atoms with E-state index in [4.69, 9.17) is 0 Å². The second-order valence-corrected chi connectivity index (χ2v) is 8.86. The summed E-state index contributed by atoms with van der Waals surface area (Å²) >= 11 is 0. The highest BCUT2D eigenvalue weighted by Gasteiger charge is 2.23. The zero-order valence-electron chi connectivity index (χ0n) is 18.3. The second kappa shape index (κ2) is 10.2. The van der Waals surface area contributed by atoms with Gasteiger partial charge in [-0.2, -0.15) is 0 Å². The van der Waals surface area contributed by atoms with Crippen LogP contribution in [0.4, 0.5) is 10.1 Å². The Morgan fingerprint density at radius 2 is 1.77 bits per heavy atom. The fraction of sp³-hybridized carbons (Fsp3) is 0.480. The minimum absolute atomic E-state index is 0.174. The molecule has 2 aromatic carbocycles. The zero-order valence-corrected chi connectivity index (χ0v) is 18.3. The number of carbonyl (C=O) groups is 1. The summed E-state index contributed by atoms with van der Waals surface area (Å²) in [5.41, 5.74) is 2.90. The Hall–Kier alpha value is -2.44. The molecule has 2 heterocycles. The molecule has 4 rings (SSSR count). The summed E-state index contributed by atoms with van der Waals surface area (Å²) in [5, 5.41) is 6.75. The molecule has 2 N–H and O–H groups in total. The smallest absolute Gasteiger partial charge is 0.226 e. The number of rotatable bonds is 6. The molecular formula is C25H33FN4O. The van der Waals surface area contributed by atoms with Crippen LogP contribution in [0.5, 0.6) is 0 Å². The lowest BCUT2D eigenvalue weighted by atomic mass is 10.0. The van der Waals surface area contributed by atoms with Crippen molar-refractivity contribution in [2.75, 3.05) is 38.0 Å². The molecule has 0 saturated carbocycles. The van der Waals surface area contributed by atoms with Gasteiger partial charge in [-0.05, 0) is 43.0 Å². The van der Waals surface area contributed by atoms with E-state index >= 15 is 0 Å². The lowest BCUT2D eigenvalue weighted by Crippen LogP contribution is -2.48. The highest BCUT2D eigenvalue weighted by atomic mass is 19.1. The third-order valence-electron chi connectivity index (χ3n) is 6.32. The molecule has 1 atom stereocenters. The van der Waals surface area contributed by atoms with Gasteiger partial charge in [0.15, 0.2) is 0 Å². The van der Waals surface area contributed by atoms with Gasteiger partial charge in [0.25, 0.3) is 0 Å². The van der Waals surface area contributed by atoms with Crippen LogP contribution in [0.15, 0.2) is 48.5 Å². The second-order valence-electron chi connectivity index (χ2n) is 8.86. The van der Waals surface area contributed by atoms with E-state index in [1.165, 1.54) is 11.6 Å². The van der Waals surface area contributed by atoms with E-state index in [1.54, 1.807) is 12.1 Å². The SMILES string of the molecule is C[C@@H]1CN(Cc2ccc(CC(=O)N3CCC(Nc4ccccc4F)CC3)cc2)CCN1. The maximum Gasteiger partial charge on any atom is 0.226 e. The molecule has 0 radical (unpaired) electrons. The predicted molar refractivity (Wildman–Crippen MR) is 123 cm³/mol. The standard InChI is InChI=1S/C25H33FN4O/c1-19-17-29(15-12-27-19)18-21-8-6-20(7-9-21)16-25(31)30-13-10-22(11-14-30)28-24-5-3-2-4-23(24)26/h2-9,19,22,27-28H,10-18H2,1H3/t19-/m1/s1. The fourth-order valence-corrected chi connectivity index (χ4v) is 4.53. The Kier molecular flexibility index (Phi) is 7.20. The highest BCUT2D eigenvalue weighted by molar-refractivity contribution is 5.78. The molecule has 2 aromatic rings. The summed E-state index contributed by atoms with van der Waals surface area (Å²) < 4.78 is 13.8. The molecule has 2 saturated heterocycles. The maximum absolute atomic E-state index is 13.8. The van der Waals surface area contributed by atoms with Crippen molar-refractivity contribution in [1.29, 1.82) is 0 Å². The molecule has 2 fully saturated rings. The van der Waals surface area contributed by atoms with Crippen molar-refractivity contribution in [2.24, 2.45) is 0 Å². The van der Waals surface area contributed by atoms with Crippen LogP contribution in [-0.4, -0.2) is 60.5 Å². The van der Waals surface area contributed by atoms with E-state index in [-0.39, 0.29) is 17.8 Å². The van der Waals surface area contributed by atoms with Crippen LogP contribution < -0.4 is 10.6 Å². The Bertz CT molecular complexity index is 864. The van der Waals surface area contributed by atoms with Gasteiger partial charge in [0.2, 0.25) is 5.91 Å². The average molecular weight is 425 g/mol. The van der Waals surface area contributed by atoms with Crippen molar-refractivity contribution < 1.29 is 9.18 Å². The molecule has 0 aromatic heterocycles. The van der Waals surface area contributed by atoms with Gasteiger partial charge < -0.3 is 15.5 Å². The molecule has 5 nitrogen and oxygen atoms in total. The predicted octanol–water partition coefficient (Wildman–Crippen LogP) is 3.27. The van der Waals surface area contributed by atoms with Crippen LogP contribution in [0.1, 0.15) is 30.9 Å². The van der Waals surface area contributed by atoms with Crippen molar-refractivity contribution in [3.8, 4) is 0 Å². The molecule has 166 valence electrons. The lowest BCUT2D eigenvalue weighted by Gasteiger charge is -2.33. The number of nitrogens with zero attached hydrogens (tertiary/aromatic N) is 2. The number of likely N-dealkylation sites (tertiary alicyclic amines) is 1. The van der Waals surface area contributed by atoms with E-state index < -0.39 is 0 Å². The topological polar surface area (TPSA) is 47.6 Å². The number of amides is 1. The summed E-state index contributed by atoms with van der Waals surface area (Å²) in [6.45, 7) is 7.80. The van der Waals surface area contributed by atoms with E-state index in [9.17, 15) is 9.18 Å². The third-order valence-corrected chi connectivity index (χ3v) is 6.32. The van der Waals surface area contributed by atoms with Gasteiger partial charge in [-0.1, -0.05) is 36.4 Å². The Morgan fingerprint density at radius 3 is 2.48 bits per heavy atom. The van der Waals surface area contributed by atoms with Crippen molar-refractivity contribution in [1.82, 2.24) is 15.1 Å². The van der Waals surface area contributed by atoms with Gasteiger partial charge in [-0.15, -0.1) is 0 Å². The van der Waals surface area contributed by atoms with E-state index in [0.717, 1.165) is 44.6 Å². The van der Waals surface area contributed by atoms with Gasteiger partial charge in [0.05, 0.1) is 12.1 Å². The first-order valence-corrected chi connectivity index (χ1v) is 11.4. The number of para-hydroxylation sites is 1. The third kappa shape index (κ3) is 6.05. The minimum Gasteiger partial charge on any atom is -0.380 e. The molecule has 2 aliphatic heterocycles. The quantitative estimate of drug-likeness (QED) is 0.747. The average Bonchev–Trinajstić information content (AvgIpc) is 2.77. The Morgan fingerprint density at radius 1 is 1.06 bits per heavy atom. The van der Waals surface area contributed by atoms with Gasteiger partial charge >= 0.3 is 0 Å². The van der Waals surface area contributed by atoms with Gasteiger partial charge in [0.1, 0.15) is 5.82 Å². The number of piperazine rings is 1. The summed E-state index contributed by atoms with van der Waals surface area (Å²) in [6, 6.07) is 16.0. The van der Waals surface area contributed by atoms with Gasteiger partial charge in [-0.25, -0.2) is 4.39 Å². The van der Waals surface area contributed by atoms with Gasteiger partial charge in [0, 0.05) is 51.4 Å². The number of anilines is 1. The lowest BCUT2D eigenvalue weighted by molar-refractivity contribution is -0.131.